The van der Waals surface area contributed by atoms with E-state index in [1.54, 1.807) is 6.92 Å². The quantitative estimate of drug-likeness (QED) is 0.632. The van der Waals surface area contributed by atoms with Gasteiger partial charge in [0.15, 0.2) is 6.61 Å². The summed E-state index contributed by atoms with van der Waals surface area (Å²) in [6.07, 6.45) is 0.719. The van der Waals surface area contributed by atoms with Gasteiger partial charge in [-0.25, -0.2) is 0 Å². The summed E-state index contributed by atoms with van der Waals surface area (Å²) in [5, 5.41) is 5.65. The SMILES string of the molecule is Cc1ccc(NC(=O)COc2ccc(CCNC(=O)C(C)CN)cc2)cc1. The molecule has 0 spiro atoms. The number of hydrogen-bond donors (Lipinski definition) is 3. The number of nitrogens with one attached hydrogen (secondary N) is 2. The summed E-state index contributed by atoms with van der Waals surface area (Å²) in [6, 6.07) is 15.1. The van der Waals surface area contributed by atoms with Crippen LogP contribution in [0.5, 0.6) is 5.75 Å². The summed E-state index contributed by atoms with van der Waals surface area (Å²) < 4.78 is 5.51. The van der Waals surface area contributed by atoms with Crippen molar-refractivity contribution in [3.63, 3.8) is 0 Å². The van der Waals surface area contributed by atoms with Crippen molar-refractivity contribution in [2.75, 3.05) is 25.0 Å². The van der Waals surface area contributed by atoms with Crippen LogP contribution in [-0.2, 0) is 16.0 Å². The number of nitrogens with two attached hydrogens (primary N) is 1. The summed E-state index contributed by atoms with van der Waals surface area (Å²) in [7, 11) is 0. The maximum absolute atomic E-state index is 11.9. The van der Waals surface area contributed by atoms with E-state index in [9.17, 15) is 9.59 Å². The van der Waals surface area contributed by atoms with E-state index in [4.69, 9.17) is 10.5 Å². The Balaban J connectivity index is 1.72. The van der Waals surface area contributed by atoms with Crippen LogP contribution in [-0.4, -0.2) is 31.5 Å². The van der Waals surface area contributed by atoms with Crippen molar-refractivity contribution in [1.29, 1.82) is 0 Å². The molecule has 0 aliphatic rings. The molecule has 27 heavy (non-hydrogen) atoms. The number of hydrogen-bond acceptors (Lipinski definition) is 4. The lowest BCUT2D eigenvalue weighted by Crippen LogP contribution is -2.34. The Morgan fingerprint density at radius 1 is 1.07 bits per heavy atom. The molecule has 1 atom stereocenters. The van der Waals surface area contributed by atoms with Gasteiger partial charge < -0.3 is 21.1 Å². The zero-order valence-corrected chi connectivity index (χ0v) is 15.8. The van der Waals surface area contributed by atoms with Crippen LogP contribution in [0.15, 0.2) is 48.5 Å². The second-order valence-corrected chi connectivity index (χ2v) is 6.52. The van der Waals surface area contributed by atoms with Gasteiger partial charge in [-0.3, -0.25) is 9.59 Å². The molecule has 2 rings (SSSR count). The predicted molar refractivity (Wildman–Crippen MR) is 107 cm³/mol. The van der Waals surface area contributed by atoms with E-state index in [1.165, 1.54) is 0 Å². The van der Waals surface area contributed by atoms with Gasteiger partial charge in [-0.2, -0.15) is 0 Å². The fourth-order valence-electron chi connectivity index (χ4n) is 2.35. The van der Waals surface area contributed by atoms with E-state index in [-0.39, 0.29) is 24.3 Å². The van der Waals surface area contributed by atoms with Crippen molar-refractivity contribution >= 4 is 17.5 Å². The standard InChI is InChI=1S/C21H27N3O3/c1-15-3-7-18(8-4-15)24-20(25)14-27-19-9-5-17(6-10-19)11-12-23-21(26)16(2)13-22/h3-10,16H,11-14,22H2,1-2H3,(H,23,26)(H,24,25). The molecule has 0 heterocycles. The number of carbonyl (C=O) groups excluding carboxylic acids is 2. The second-order valence-electron chi connectivity index (χ2n) is 6.52. The van der Waals surface area contributed by atoms with Gasteiger partial charge in [0, 0.05) is 24.7 Å². The van der Waals surface area contributed by atoms with Crippen LogP contribution in [0.25, 0.3) is 0 Å². The van der Waals surface area contributed by atoms with Crippen LogP contribution >= 0.6 is 0 Å². The van der Waals surface area contributed by atoms with Gasteiger partial charge >= 0.3 is 0 Å². The van der Waals surface area contributed by atoms with Gasteiger partial charge in [-0.15, -0.1) is 0 Å². The lowest BCUT2D eigenvalue weighted by molar-refractivity contribution is -0.124. The molecule has 1 unspecified atom stereocenters. The molecule has 0 bridgehead atoms. The minimum atomic E-state index is -0.209. The first kappa shape index (κ1) is 20.5. The summed E-state index contributed by atoms with van der Waals surface area (Å²) in [4.78, 5) is 23.6. The third-order valence-corrected chi connectivity index (χ3v) is 4.14. The van der Waals surface area contributed by atoms with Crippen molar-refractivity contribution in [1.82, 2.24) is 5.32 Å². The molecule has 6 heteroatoms. The lowest BCUT2D eigenvalue weighted by Gasteiger charge is -2.10. The van der Waals surface area contributed by atoms with Gasteiger partial charge in [0.05, 0.1) is 0 Å². The van der Waals surface area contributed by atoms with Gasteiger partial charge in [0.2, 0.25) is 5.91 Å². The molecule has 2 aromatic rings. The van der Waals surface area contributed by atoms with Gasteiger partial charge in [-0.05, 0) is 43.2 Å². The normalized spacial score (nSPS) is 11.5. The summed E-state index contributed by atoms with van der Waals surface area (Å²) >= 11 is 0. The smallest absolute Gasteiger partial charge is 0.262 e. The topological polar surface area (TPSA) is 93.5 Å². The van der Waals surface area contributed by atoms with E-state index in [2.05, 4.69) is 10.6 Å². The average molecular weight is 369 g/mol. The summed E-state index contributed by atoms with van der Waals surface area (Å²) in [5.74, 6) is 0.210. The zero-order valence-electron chi connectivity index (χ0n) is 15.8. The Labute approximate surface area is 160 Å². The van der Waals surface area contributed by atoms with Crippen molar-refractivity contribution in [2.45, 2.75) is 20.3 Å². The Bertz CT molecular complexity index is 742. The highest BCUT2D eigenvalue weighted by Crippen LogP contribution is 2.13. The Kier molecular flexibility index (Phi) is 7.82. The number of carbonyl (C=O) groups is 2. The Hall–Kier alpha value is -2.86. The summed E-state index contributed by atoms with van der Waals surface area (Å²) in [5.41, 5.74) is 8.43. The van der Waals surface area contributed by atoms with Crippen LogP contribution < -0.4 is 21.1 Å². The highest BCUT2D eigenvalue weighted by Gasteiger charge is 2.09. The van der Waals surface area contributed by atoms with E-state index in [0.717, 1.165) is 23.2 Å². The molecule has 144 valence electrons. The van der Waals surface area contributed by atoms with Crippen LogP contribution in [0.4, 0.5) is 5.69 Å². The predicted octanol–water partition coefficient (Wildman–Crippen LogP) is 2.27. The van der Waals surface area contributed by atoms with Crippen molar-refractivity contribution in [3.05, 3.63) is 59.7 Å². The van der Waals surface area contributed by atoms with E-state index in [1.807, 2.05) is 55.5 Å². The minimum absolute atomic E-state index is 0.0305. The fraction of sp³-hybridized carbons (Fsp3) is 0.333. The summed E-state index contributed by atoms with van der Waals surface area (Å²) in [6.45, 7) is 4.64. The molecule has 0 radical (unpaired) electrons. The molecule has 2 amide bonds. The highest BCUT2D eigenvalue weighted by atomic mass is 16.5. The van der Waals surface area contributed by atoms with Crippen molar-refractivity contribution in [2.24, 2.45) is 11.7 Å². The number of ether oxygens (including phenoxy) is 1. The van der Waals surface area contributed by atoms with Crippen LogP contribution in [0, 0.1) is 12.8 Å². The highest BCUT2D eigenvalue weighted by molar-refractivity contribution is 5.91. The molecule has 6 nitrogen and oxygen atoms in total. The molecule has 0 aromatic heterocycles. The molecule has 4 N–H and O–H groups in total. The van der Waals surface area contributed by atoms with Crippen LogP contribution in [0.3, 0.4) is 0 Å². The van der Waals surface area contributed by atoms with Gasteiger partial charge in [-0.1, -0.05) is 36.8 Å². The number of amides is 2. The average Bonchev–Trinajstić information content (AvgIpc) is 2.68. The van der Waals surface area contributed by atoms with Crippen molar-refractivity contribution < 1.29 is 14.3 Å². The number of rotatable bonds is 9. The minimum Gasteiger partial charge on any atom is -0.484 e. The number of aryl methyl sites for hydroxylation is 1. The lowest BCUT2D eigenvalue weighted by atomic mass is 10.1. The Morgan fingerprint density at radius 2 is 1.74 bits per heavy atom. The largest absolute Gasteiger partial charge is 0.484 e. The molecule has 0 saturated carbocycles. The molecule has 0 saturated heterocycles. The Morgan fingerprint density at radius 3 is 2.37 bits per heavy atom. The molecule has 0 aliphatic carbocycles. The number of benzene rings is 2. The number of anilines is 1. The van der Waals surface area contributed by atoms with Crippen LogP contribution in [0.1, 0.15) is 18.1 Å². The van der Waals surface area contributed by atoms with Gasteiger partial charge in [0.1, 0.15) is 5.75 Å². The van der Waals surface area contributed by atoms with E-state index >= 15 is 0 Å². The third kappa shape index (κ3) is 7.11. The second kappa shape index (κ2) is 10.3. The maximum Gasteiger partial charge on any atom is 0.262 e. The maximum atomic E-state index is 11.9. The zero-order chi connectivity index (χ0) is 19.6. The molecular weight excluding hydrogens is 342 g/mol. The third-order valence-electron chi connectivity index (χ3n) is 4.14. The van der Waals surface area contributed by atoms with Gasteiger partial charge in [0.25, 0.3) is 5.91 Å². The first-order valence-electron chi connectivity index (χ1n) is 9.04. The molecule has 2 aromatic carbocycles. The van der Waals surface area contributed by atoms with E-state index in [0.29, 0.717) is 18.8 Å². The first-order chi connectivity index (χ1) is 13.0. The fourth-order valence-corrected chi connectivity index (χ4v) is 2.35. The molecule has 0 fully saturated rings. The van der Waals surface area contributed by atoms with E-state index < -0.39 is 0 Å². The monoisotopic (exact) mass is 369 g/mol. The van der Waals surface area contributed by atoms with Crippen LogP contribution in [0.2, 0.25) is 0 Å². The van der Waals surface area contributed by atoms with Crippen molar-refractivity contribution in [3.8, 4) is 5.75 Å². The molecule has 0 aliphatic heterocycles. The molecular formula is C21H27N3O3. The first-order valence-corrected chi connectivity index (χ1v) is 9.04.